The Hall–Kier alpha value is -2.93. The molecule has 2 aromatic heterocycles. The van der Waals surface area contributed by atoms with E-state index in [4.69, 9.17) is 10.2 Å². The normalized spacial score (nSPS) is 12.1. The van der Waals surface area contributed by atoms with Gasteiger partial charge >= 0.3 is 0 Å². The van der Waals surface area contributed by atoms with Gasteiger partial charge < -0.3 is 10.2 Å². The summed E-state index contributed by atoms with van der Waals surface area (Å²) in [6.07, 6.45) is 4.39. The fourth-order valence-electron chi connectivity index (χ4n) is 1.75. The van der Waals surface area contributed by atoms with Crippen LogP contribution in [0.1, 0.15) is 5.76 Å². The first-order valence-corrected chi connectivity index (χ1v) is 7.25. The Morgan fingerprint density at radius 1 is 1.32 bits per heavy atom. The number of para-hydroxylation sites is 1. The van der Waals surface area contributed by atoms with E-state index >= 15 is 0 Å². The van der Waals surface area contributed by atoms with Crippen molar-refractivity contribution in [3.05, 3.63) is 54.5 Å². The number of hydrogen-bond acceptors (Lipinski definition) is 5. The number of guanidine groups is 1. The molecule has 22 heavy (non-hydrogen) atoms. The molecule has 1 amide bonds. The van der Waals surface area contributed by atoms with Crippen molar-refractivity contribution in [1.29, 1.82) is 0 Å². The van der Waals surface area contributed by atoms with Gasteiger partial charge in [-0.3, -0.25) is 10.1 Å². The number of benzene rings is 1. The lowest BCUT2D eigenvalue weighted by Crippen LogP contribution is -2.35. The molecular formula is C15H12N4O2S. The summed E-state index contributed by atoms with van der Waals surface area (Å²) in [5.41, 5.74) is 6.55. The number of rotatable bonds is 3. The van der Waals surface area contributed by atoms with Gasteiger partial charge in [0.1, 0.15) is 5.76 Å². The molecule has 0 fully saturated rings. The second-order valence-corrected chi connectivity index (χ2v) is 5.31. The molecule has 3 aromatic rings. The van der Waals surface area contributed by atoms with Crippen molar-refractivity contribution in [3.8, 4) is 0 Å². The van der Waals surface area contributed by atoms with Crippen LogP contribution in [0.4, 0.5) is 5.13 Å². The number of carbonyl (C=O) groups is 1. The predicted molar refractivity (Wildman–Crippen MR) is 86.8 cm³/mol. The van der Waals surface area contributed by atoms with Gasteiger partial charge in [-0.05, 0) is 30.3 Å². The van der Waals surface area contributed by atoms with Crippen LogP contribution < -0.4 is 11.1 Å². The number of amides is 1. The predicted octanol–water partition coefficient (Wildman–Crippen LogP) is 2.67. The summed E-state index contributed by atoms with van der Waals surface area (Å²) in [5, 5.41) is 2.96. The molecule has 0 spiro atoms. The average molecular weight is 312 g/mol. The van der Waals surface area contributed by atoms with Gasteiger partial charge in [0, 0.05) is 6.08 Å². The molecule has 0 aliphatic carbocycles. The van der Waals surface area contributed by atoms with Crippen LogP contribution in [0.2, 0.25) is 0 Å². The van der Waals surface area contributed by atoms with E-state index in [1.807, 2.05) is 24.3 Å². The van der Waals surface area contributed by atoms with Crippen LogP contribution in [-0.4, -0.2) is 16.9 Å². The zero-order chi connectivity index (χ0) is 15.4. The monoisotopic (exact) mass is 312 g/mol. The molecule has 6 nitrogen and oxygen atoms in total. The van der Waals surface area contributed by atoms with E-state index in [0.717, 1.165) is 10.2 Å². The Morgan fingerprint density at radius 2 is 2.18 bits per heavy atom. The van der Waals surface area contributed by atoms with Crippen molar-refractivity contribution in [2.45, 2.75) is 0 Å². The van der Waals surface area contributed by atoms with Gasteiger partial charge in [0.05, 0.1) is 16.5 Å². The number of aromatic nitrogens is 1. The number of hydrogen-bond donors (Lipinski definition) is 2. The van der Waals surface area contributed by atoms with Crippen molar-refractivity contribution in [3.63, 3.8) is 0 Å². The summed E-state index contributed by atoms with van der Waals surface area (Å²) in [5.74, 6) is 0.184. The number of nitrogens with zero attached hydrogens (tertiary/aromatic N) is 2. The molecule has 0 bridgehead atoms. The summed E-state index contributed by atoms with van der Waals surface area (Å²) in [7, 11) is 0. The fourth-order valence-corrected chi connectivity index (χ4v) is 2.60. The zero-order valence-electron chi connectivity index (χ0n) is 11.4. The number of fused-ring (bicyclic) bond motifs is 1. The molecule has 110 valence electrons. The Labute approximate surface area is 130 Å². The topological polar surface area (TPSA) is 93.5 Å². The Morgan fingerprint density at radius 3 is 2.95 bits per heavy atom. The van der Waals surface area contributed by atoms with E-state index in [9.17, 15) is 4.79 Å². The first-order chi connectivity index (χ1) is 10.7. The van der Waals surface area contributed by atoms with Crippen LogP contribution in [0.25, 0.3) is 16.3 Å². The number of nitrogens with two attached hydrogens (primary N) is 1. The number of nitrogens with one attached hydrogen (secondary N) is 1. The molecule has 1 aromatic carbocycles. The van der Waals surface area contributed by atoms with Crippen molar-refractivity contribution in [1.82, 2.24) is 10.3 Å². The fraction of sp³-hybridized carbons (Fsp3) is 0. The van der Waals surface area contributed by atoms with E-state index in [1.165, 1.54) is 23.7 Å². The molecule has 0 radical (unpaired) electrons. The van der Waals surface area contributed by atoms with Crippen LogP contribution in [0, 0.1) is 0 Å². The Kier molecular flexibility index (Phi) is 3.97. The van der Waals surface area contributed by atoms with Crippen LogP contribution in [0.15, 0.2) is 58.1 Å². The van der Waals surface area contributed by atoms with Gasteiger partial charge in [0.15, 0.2) is 0 Å². The summed E-state index contributed by atoms with van der Waals surface area (Å²) in [6.45, 7) is 0. The highest BCUT2D eigenvalue weighted by molar-refractivity contribution is 7.22. The minimum absolute atomic E-state index is 0.00634. The SMILES string of the molecule is NC(=Nc1nc2ccccc2s1)NC(=O)C=Cc1ccco1. The minimum Gasteiger partial charge on any atom is -0.465 e. The van der Waals surface area contributed by atoms with Crippen molar-refractivity contribution >= 4 is 44.6 Å². The van der Waals surface area contributed by atoms with Gasteiger partial charge in [-0.1, -0.05) is 23.5 Å². The first-order valence-electron chi connectivity index (χ1n) is 6.43. The van der Waals surface area contributed by atoms with E-state index in [2.05, 4.69) is 15.3 Å². The number of aliphatic imine (C=N–C) groups is 1. The molecule has 0 aliphatic heterocycles. The maximum absolute atomic E-state index is 11.7. The third-order valence-corrected chi connectivity index (χ3v) is 3.62. The summed E-state index contributed by atoms with van der Waals surface area (Å²) in [6, 6.07) is 11.2. The van der Waals surface area contributed by atoms with E-state index in [1.54, 1.807) is 18.2 Å². The molecule has 7 heteroatoms. The second-order valence-electron chi connectivity index (χ2n) is 4.30. The molecular weight excluding hydrogens is 300 g/mol. The molecule has 2 heterocycles. The van der Waals surface area contributed by atoms with Gasteiger partial charge in [-0.2, -0.15) is 4.99 Å². The number of furan rings is 1. The third-order valence-electron chi connectivity index (χ3n) is 2.69. The molecule has 0 aliphatic rings. The highest BCUT2D eigenvalue weighted by atomic mass is 32.1. The van der Waals surface area contributed by atoms with Crippen molar-refractivity contribution in [2.24, 2.45) is 10.7 Å². The Balaban J connectivity index is 1.67. The van der Waals surface area contributed by atoms with Crippen LogP contribution in [0.3, 0.4) is 0 Å². The number of carbonyl (C=O) groups excluding carboxylic acids is 1. The lowest BCUT2D eigenvalue weighted by Gasteiger charge is -1.98. The maximum atomic E-state index is 11.7. The highest BCUT2D eigenvalue weighted by Crippen LogP contribution is 2.27. The minimum atomic E-state index is -0.390. The second kappa shape index (κ2) is 6.23. The third kappa shape index (κ3) is 3.39. The summed E-state index contributed by atoms with van der Waals surface area (Å²) < 4.78 is 6.09. The number of thiazole rings is 1. The quantitative estimate of drug-likeness (QED) is 0.442. The van der Waals surface area contributed by atoms with Crippen LogP contribution in [-0.2, 0) is 4.79 Å². The molecule has 0 saturated heterocycles. The van der Waals surface area contributed by atoms with Gasteiger partial charge in [0.25, 0.3) is 5.91 Å². The lowest BCUT2D eigenvalue weighted by atomic mass is 10.3. The van der Waals surface area contributed by atoms with E-state index < -0.39 is 5.91 Å². The summed E-state index contributed by atoms with van der Waals surface area (Å²) in [4.78, 5) is 20.1. The molecule has 3 N–H and O–H groups in total. The summed E-state index contributed by atoms with van der Waals surface area (Å²) >= 11 is 1.40. The average Bonchev–Trinajstić information content (AvgIpc) is 3.13. The largest absolute Gasteiger partial charge is 0.465 e. The smallest absolute Gasteiger partial charge is 0.250 e. The highest BCUT2D eigenvalue weighted by Gasteiger charge is 2.04. The zero-order valence-corrected chi connectivity index (χ0v) is 12.2. The van der Waals surface area contributed by atoms with Crippen LogP contribution in [0.5, 0.6) is 0 Å². The molecule has 3 rings (SSSR count). The van der Waals surface area contributed by atoms with Crippen molar-refractivity contribution in [2.75, 3.05) is 0 Å². The van der Waals surface area contributed by atoms with E-state index in [0.29, 0.717) is 10.9 Å². The van der Waals surface area contributed by atoms with Gasteiger partial charge in [-0.25, -0.2) is 4.98 Å². The molecule has 0 unspecified atom stereocenters. The van der Waals surface area contributed by atoms with E-state index in [-0.39, 0.29) is 5.96 Å². The Bertz CT molecular complexity index is 816. The van der Waals surface area contributed by atoms with Gasteiger partial charge in [0.2, 0.25) is 11.1 Å². The van der Waals surface area contributed by atoms with Gasteiger partial charge in [-0.15, -0.1) is 0 Å². The molecule has 0 saturated carbocycles. The van der Waals surface area contributed by atoms with Crippen molar-refractivity contribution < 1.29 is 9.21 Å². The van der Waals surface area contributed by atoms with Crippen LogP contribution >= 0.6 is 11.3 Å². The maximum Gasteiger partial charge on any atom is 0.250 e. The first kappa shape index (κ1) is 14.0. The lowest BCUT2D eigenvalue weighted by molar-refractivity contribution is -0.115. The molecule has 0 atom stereocenters. The standard InChI is InChI=1S/C15H12N4O2S/c16-14(18-13(20)8-7-10-4-3-9-21-10)19-15-17-11-5-1-2-6-12(11)22-15/h1-9H,(H3,16,17,18,19,20).